The number of nitrogens with two attached hydrogens (primary N) is 1. The summed E-state index contributed by atoms with van der Waals surface area (Å²) < 4.78 is 0. The largest absolute Gasteiger partial charge is 0.338 e. The molecule has 72 valence electrons. The number of nitrogens with zero attached hydrogens (tertiary/aromatic N) is 1. The van der Waals surface area contributed by atoms with Gasteiger partial charge in [0.15, 0.2) is 0 Å². The van der Waals surface area contributed by atoms with E-state index in [1.807, 2.05) is 0 Å². The van der Waals surface area contributed by atoms with Gasteiger partial charge in [0.1, 0.15) is 0 Å². The summed E-state index contributed by atoms with van der Waals surface area (Å²) in [5.74, 6) is 0.457. The minimum atomic E-state index is -0.0427. The van der Waals surface area contributed by atoms with Crippen LogP contribution in [0.2, 0.25) is 0 Å². The Morgan fingerprint density at radius 1 is 1.58 bits per heavy atom. The van der Waals surface area contributed by atoms with Gasteiger partial charge in [-0.3, -0.25) is 0 Å². The van der Waals surface area contributed by atoms with Crippen LogP contribution in [0.4, 0.5) is 4.79 Å². The van der Waals surface area contributed by atoms with Gasteiger partial charge in [0.2, 0.25) is 0 Å². The van der Waals surface area contributed by atoms with Gasteiger partial charge < -0.3 is 16.0 Å². The van der Waals surface area contributed by atoms with Crippen molar-refractivity contribution in [3.63, 3.8) is 0 Å². The normalized spacial score (nSPS) is 12.3. The molecule has 4 heteroatoms. The molecule has 0 aromatic rings. The van der Waals surface area contributed by atoms with Gasteiger partial charge in [0.05, 0.1) is 0 Å². The molecule has 0 aliphatic carbocycles. The minimum Gasteiger partial charge on any atom is -0.338 e. The smallest absolute Gasteiger partial charge is 0.316 e. The fourth-order valence-corrected chi connectivity index (χ4v) is 0.806. The fraction of sp³-hybridized carbons (Fsp3) is 0.875. The van der Waals surface area contributed by atoms with Crippen LogP contribution in [0.3, 0.4) is 0 Å². The van der Waals surface area contributed by atoms with Crippen molar-refractivity contribution in [3.05, 3.63) is 0 Å². The van der Waals surface area contributed by atoms with Crippen LogP contribution in [0.25, 0.3) is 0 Å². The molecule has 2 amide bonds. The Balaban J connectivity index is 3.47. The number of hydrogen-bond acceptors (Lipinski definition) is 2. The van der Waals surface area contributed by atoms with Crippen molar-refractivity contribution in [3.8, 4) is 0 Å². The molecular weight excluding hydrogens is 154 g/mol. The Bertz CT molecular complexity index is 136. The van der Waals surface area contributed by atoms with E-state index in [2.05, 4.69) is 12.2 Å². The molecule has 4 nitrogen and oxygen atoms in total. The molecule has 1 unspecified atom stereocenters. The van der Waals surface area contributed by atoms with E-state index in [9.17, 15) is 4.79 Å². The molecule has 0 aliphatic rings. The van der Waals surface area contributed by atoms with Gasteiger partial charge in [-0.1, -0.05) is 6.92 Å². The third-order valence-electron chi connectivity index (χ3n) is 1.67. The molecule has 12 heavy (non-hydrogen) atoms. The molecular formula is C8H19N3O. The average molecular weight is 173 g/mol. The van der Waals surface area contributed by atoms with Gasteiger partial charge in [-0.15, -0.1) is 0 Å². The highest BCUT2D eigenvalue weighted by molar-refractivity contribution is 5.73. The van der Waals surface area contributed by atoms with Gasteiger partial charge in [-0.2, -0.15) is 0 Å². The summed E-state index contributed by atoms with van der Waals surface area (Å²) in [7, 11) is 3.45. The van der Waals surface area contributed by atoms with Crippen LogP contribution in [0.1, 0.15) is 13.3 Å². The number of nitrogens with one attached hydrogen (secondary N) is 1. The summed E-state index contributed by atoms with van der Waals surface area (Å²) in [5, 5.41) is 2.80. The van der Waals surface area contributed by atoms with Crippen LogP contribution in [-0.2, 0) is 0 Å². The van der Waals surface area contributed by atoms with Crippen molar-refractivity contribution in [2.45, 2.75) is 13.3 Å². The molecule has 0 spiro atoms. The average Bonchev–Trinajstić information content (AvgIpc) is 2.00. The highest BCUT2D eigenvalue weighted by Crippen LogP contribution is 1.96. The van der Waals surface area contributed by atoms with Crippen LogP contribution < -0.4 is 11.1 Å². The third kappa shape index (κ3) is 4.96. The molecule has 0 aliphatic heterocycles. The van der Waals surface area contributed by atoms with E-state index in [0.29, 0.717) is 19.0 Å². The summed E-state index contributed by atoms with van der Waals surface area (Å²) in [6.45, 7) is 3.45. The van der Waals surface area contributed by atoms with Gasteiger partial charge >= 0.3 is 6.03 Å². The summed E-state index contributed by atoms with van der Waals surface area (Å²) in [4.78, 5) is 12.6. The molecule has 0 fully saturated rings. The maximum atomic E-state index is 11.0. The van der Waals surface area contributed by atoms with E-state index in [4.69, 9.17) is 5.73 Å². The predicted molar refractivity (Wildman–Crippen MR) is 49.9 cm³/mol. The van der Waals surface area contributed by atoms with E-state index < -0.39 is 0 Å². The minimum absolute atomic E-state index is 0.0427. The Kier molecular flexibility index (Phi) is 5.45. The van der Waals surface area contributed by atoms with E-state index in [1.165, 1.54) is 4.90 Å². The molecule has 0 aromatic heterocycles. The van der Waals surface area contributed by atoms with E-state index in [1.54, 1.807) is 14.1 Å². The van der Waals surface area contributed by atoms with Crippen LogP contribution in [0.15, 0.2) is 0 Å². The highest BCUT2D eigenvalue weighted by atomic mass is 16.2. The quantitative estimate of drug-likeness (QED) is 0.640. The fourth-order valence-electron chi connectivity index (χ4n) is 0.806. The first-order valence-corrected chi connectivity index (χ1v) is 4.23. The number of carbonyl (C=O) groups is 1. The second-order valence-electron chi connectivity index (χ2n) is 3.26. The van der Waals surface area contributed by atoms with Crippen LogP contribution >= 0.6 is 0 Å². The summed E-state index contributed by atoms with van der Waals surface area (Å²) in [6.07, 6.45) is 0.952. The molecule has 0 saturated heterocycles. The second kappa shape index (κ2) is 5.83. The first-order valence-electron chi connectivity index (χ1n) is 4.23. The standard InChI is InChI=1S/C8H19N3O/c1-7(4-5-9)6-10-8(12)11(2)3/h7H,4-6,9H2,1-3H3,(H,10,12). The molecule has 0 rings (SSSR count). The molecule has 0 aromatic carbocycles. The third-order valence-corrected chi connectivity index (χ3v) is 1.67. The predicted octanol–water partition coefficient (Wildman–Crippen LogP) is 0.243. The number of hydrogen-bond donors (Lipinski definition) is 2. The number of rotatable bonds is 4. The molecule has 1 atom stereocenters. The molecule has 3 N–H and O–H groups in total. The van der Waals surface area contributed by atoms with Crippen LogP contribution in [-0.4, -0.2) is 38.1 Å². The highest BCUT2D eigenvalue weighted by Gasteiger charge is 2.05. The lowest BCUT2D eigenvalue weighted by Crippen LogP contribution is -2.37. The Hall–Kier alpha value is -0.770. The van der Waals surface area contributed by atoms with Crippen molar-refractivity contribution in [2.75, 3.05) is 27.2 Å². The first kappa shape index (κ1) is 11.2. The van der Waals surface area contributed by atoms with Crippen molar-refractivity contribution >= 4 is 6.03 Å². The zero-order valence-electron chi connectivity index (χ0n) is 8.13. The van der Waals surface area contributed by atoms with Gasteiger partial charge in [-0.25, -0.2) is 4.79 Å². The van der Waals surface area contributed by atoms with Gasteiger partial charge in [-0.05, 0) is 18.9 Å². The summed E-state index contributed by atoms with van der Waals surface area (Å²) in [5.41, 5.74) is 5.37. The lowest BCUT2D eigenvalue weighted by molar-refractivity contribution is 0.215. The zero-order chi connectivity index (χ0) is 9.56. The van der Waals surface area contributed by atoms with Crippen molar-refractivity contribution in [1.29, 1.82) is 0 Å². The van der Waals surface area contributed by atoms with Gasteiger partial charge in [0.25, 0.3) is 0 Å². The maximum absolute atomic E-state index is 11.0. The van der Waals surface area contributed by atoms with Crippen molar-refractivity contribution in [2.24, 2.45) is 11.7 Å². The molecule has 0 heterocycles. The maximum Gasteiger partial charge on any atom is 0.316 e. The summed E-state index contributed by atoms with van der Waals surface area (Å²) in [6, 6.07) is -0.0427. The number of carbonyl (C=O) groups excluding carboxylic acids is 1. The molecule has 0 saturated carbocycles. The Morgan fingerprint density at radius 3 is 2.58 bits per heavy atom. The molecule has 0 radical (unpaired) electrons. The zero-order valence-corrected chi connectivity index (χ0v) is 8.13. The Morgan fingerprint density at radius 2 is 2.17 bits per heavy atom. The second-order valence-corrected chi connectivity index (χ2v) is 3.26. The summed E-state index contributed by atoms with van der Waals surface area (Å²) >= 11 is 0. The van der Waals surface area contributed by atoms with E-state index in [-0.39, 0.29) is 6.03 Å². The molecule has 0 bridgehead atoms. The SMILES string of the molecule is CC(CCN)CNC(=O)N(C)C. The van der Waals surface area contributed by atoms with Crippen LogP contribution in [0.5, 0.6) is 0 Å². The topological polar surface area (TPSA) is 58.4 Å². The van der Waals surface area contributed by atoms with Crippen LogP contribution in [0, 0.1) is 5.92 Å². The van der Waals surface area contributed by atoms with E-state index >= 15 is 0 Å². The van der Waals surface area contributed by atoms with E-state index in [0.717, 1.165) is 6.42 Å². The monoisotopic (exact) mass is 173 g/mol. The lowest BCUT2D eigenvalue weighted by atomic mass is 10.1. The van der Waals surface area contributed by atoms with Gasteiger partial charge in [0, 0.05) is 20.6 Å². The lowest BCUT2D eigenvalue weighted by Gasteiger charge is -2.15. The Labute approximate surface area is 74.1 Å². The van der Waals surface area contributed by atoms with Crippen molar-refractivity contribution in [1.82, 2.24) is 10.2 Å². The number of urea groups is 1. The number of amides is 2. The van der Waals surface area contributed by atoms with Crippen molar-refractivity contribution < 1.29 is 4.79 Å². The first-order chi connectivity index (χ1) is 5.57.